The van der Waals surface area contributed by atoms with Gasteiger partial charge >= 0.3 is 0 Å². The second kappa shape index (κ2) is 5.38. The Balaban J connectivity index is 2.33. The van der Waals surface area contributed by atoms with Crippen molar-refractivity contribution in [3.63, 3.8) is 0 Å². The van der Waals surface area contributed by atoms with Crippen molar-refractivity contribution in [3.8, 4) is 0 Å². The fourth-order valence-electron chi connectivity index (χ4n) is 2.49. The van der Waals surface area contributed by atoms with Crippen molar-refractivity contribution in [1.82, 2.24) is 5.32 Å². The quantitative estimate of drug-likeness (QED) is 0.851. The van der Waals surface area contributed by atoms with Crippen LogP contribution in [0.1, 0.15) is 51.5 Å². The number of hydrogen-bond donors (Lipinski definition) is 1. The molecule has 2 nitrogen and oxygen atoms in total. The molecule has 2 heteroatoms. The highest BCUT2D eigenvalue weighted by molar-refractivity contribution is 5.78. The molecular weight excluding hydrogens is 234 g/mol. The van der Waals surface area contributed by atoms with Crippen LogP contribution < -0.4 is 5.32 Å². The van der Waals surface area contributed by atoms with Gasteiger partial charge in [-0.2, -0.15) is 0 Å². The molecule has 1 N–H and O–H groups in total. The summed E-state index contributed by atoms with van der Waals surface area (Å²) >= 11 is 0. The number of hydrogen-bond acceptors (Lipinski definition) is 2. The summed E-state index contributed by atoms with van der Waals surface area (Å²) < 4.78 is 6.02. The summed E-state index contributed by atoms with van der Waals surface area (Å²) in [5.41, 5.74) is 2.54. The minimum Gasteiger partial charge on any atom is -0.459 e. The monoisotopic (exact) mass is 259 g/mol. The summed E-state index contributed by atoms with van der Waals surface area (Å²) in [4.78, 5) is 0. The second-order valence-electron chi connectivity index (χ2n) is 6.57. The molecule has 1 aromatic heterocycles. The zero-order valence-corrected chi connectivity index (χ0v) is 12.7. The topological polar surface area (TPSA) is 25.2 Å². The van der Waals surface area contributed by atoms with Crippen LogP contribution in [0.3, 0.4) is 0 Å². The standard InChI is InChI=1S/C17H25NO/c1-6-18-14(11-17(3,4)5)16-10-13-9-12(2)7-8-15(13)19-16/h7-10,14,18H,6,11H2,1-5H3. The Morgan fingerprint density at radius 2 is 1.95 bits per heavy atom. The Kier molecular flexibility index (Phi) is 4.00. The smallest absolute Gasteiger partial charge is 0.134 e. The lowest BCUT2D eigenvalue weighted by Crippen LogP contribution is -2.25. The highest BCUT2D eigenvalue weighted by Crippen LogP contribution is 2.32. The molecule has 1 unspecified atom stereocenters. The van der Waals surface area contributed by atoms with E-state index in [1.165, 1.54) is 10.9 Å². The third kappa shape index (κ3) is 3.60. The number of benzene rings is 1. The van der Waals surface area contributed by atoms with Crippen LogP contribution in [0.25, 0.3) is 11.0 Å². The highest BCUT2D eigenvalue weighted by Gasteiger charge is 2.22. The number of furan rings is 1. The first-order chi connectivity index (χ1) is 8.89. The molecule has 0 fully saturated rings. The van der Waals surface area contributed by atoms with E-state index in [1.54, 1.807) is 0 Å². The van der Waals surface area contributed by atoms with E-state index in [2.05, 4.69) is 64.2 Å². The van der Waals surface area contributed by atoms with Gasteiger partial charge in [-0.05, 0) is 43.5 Å². The van der Waals surface area contributed by atoms with Gasteiger partial charge in [0.1, 0.15) is 11.3 Å². The summed E-state index contributed by atoms with van der Waals surface area (Å²) in [6.07, 6.45) is 1.07. The second-order valence-corrected chi connectivity index (χ2v) is 6.57. The van der Waals surface area contributed by atoms with Gasteiger partial charge in [0.2, 0.25) is 0 Å². The van der Waals surface area contributed by atoms with Gasteiger partial charge in [0.25, 0.3) is 0 Å². The fraction of sp³-hybridized carbons (Fsp3) is 0.529. The van der Waals surface area contributed by atoms with Gasteiger partial charge in [0.05, 0.1) is 6.04 Å². The molecule has 0 bridgehead atoms. The van der Waals surface area contributed by atoms with E-state index < -0.39 is 0 Å². The summed E-state index contributed by atoms with van der Waals surface area (Å²) in [6.45, 7) is 12.0. The molecule has 1 aromatic carbocycles. The minimum atomic E-state index is 0.279. The third-order valence-electron chi connectivity index (χ3n) is 3.30. The van der Waals surface area contributed by atoms with Crippen molar-refractivity contribution in [1.29, 1.82) is 0 Å². The van der Waals surface area contributed by atoms with Crippen molar-refractivity contribution >= 4 is 11.0 Å². The molecule has 0 amide bonds. The molecule has 1 heterocycles. The van der Waals surface area contributed by atoms with Crippen molar-refractivity contribution in [2.75, 3.05) is 6.54 Å². The lowest BCUT2D eigenvalue weighted by molar-refractivity contribution is 0.289. The average molecular weight is 259 g/mol. The van der Waals surface area contributed by atoms with E-state index >= 15 is 0 Å². The molecular formula is C17H25NO. The van der Waals surface area contributed by atoms with E-state index in [0.29, 0.717) is 0 Å². The van der Waals surface area contributed by atoms with Gasteiger partial charge in [0.15, 0.2) is 0 Å². The van der Waals surface area contributed by atoms with Gasteiger partial charge in [0, 0.05) is 5.39 Å². The Morgan fingerprint density at radius 1 is 1.21 bits per heavy atom. The van der Waals surface area contributed by atoms with Gasteiger partial charge in [-0.3, -0.25) is 0 Å². The largest absolute Gasteiger partial charge is 0.459 e. The van der Waals surface area contributed by atoms with Crippen molar-refractivity contribution in [3.05, 3.63) is 35.6 Å². The van der Waals surface area contributed by atoms with E-state index in [0.717, 1.165) is 24.3 Å². The fourth-order valence-corrected chi connectivity index (χ4v) is 2.49. The lowest BCUT2D eigenvalue weighted by atomic mass is 9.87. The number of fused-ring (bicyclic) bond motifs is 1. The Labute approximate surface area is 116 Å². The van der Waals surface area contributed by atoms with Crippen LogP contribution in [0.2, 0.25) is 0 Å². The zero-order valence-electron chi connectivity index (χ0n) is 12.7. The lowest BCUT2D eigenvalue weighted by Gasteiger charge is -2.25. The predicted octanol–water partition coefficient (Wildman–Crippen LogP) is 4.83. The Morgan fingerprint density at radius 3 is 2.58 bits per heavy atom. The molecule has 19 heavy (non-hydrogen) atoms. The van der Waals surface area contributed by atoms with Gasteiger partial charge in [-0.25, -0.2) is 0 Å². The maximum Gasteiger partial charge on any atom is 0.134 e. The van der Waals surface area contributed by atoms with Crippen LogP contribution in [-0.4, -0.2) is 6.54 Å². The zero-order chi connectivity index (χ0) is 14.0. The van der Waals surface area contributed by atoms with Gasteiger partial charge < -0.3 is 9.73 Å². The molecule has 0 saturated carbocycles. The highest BCUT2D eigenvalue weighted by atomic mass is 16.3. The molecule has 0 saturated heterocycles. The van der Waals surface area contributed by atoms with Crippen molar-refractivity contribution in [2.45, 2.75) is 47.1 Å². The van der Waals surface area contributed by atoms with Crippen LogP contribution in [0.5, 0.6) is 0 Å². The Bertz CT molecular complexity index is 548. The summed E-state index contributed by atoms with van der Waals surface area (Å²) in [6, 6.07) is 8.82. The maximum absolute atomic E-state index is 6.02. The molecule has 2 rings (SSSR count). The van der Waals surface area contributed by atoms with E-state index in [1.807, 2.05) is 0 Å². The first kappa shape index (κ1) is 14.1. The van der Waals surface area contributed by atoms with E-state index in [4.69, 9.17) is 4.42 Å². The number of nitrogens with one attached hydrogen (secondary N) is 1. The summed E-state index contributed by atoms with van der Waals surface area (Å²) in [5, 5.41) is 4.74. The maximum atomic E-state index is 6.02. The normalized spacial score (nSPS) is 13.9. The third-order valence-corrected chi connectivity index (χ3v) is 3.30. The molecule has 0 aliphatic rings. The molecule has 104 valence electrons. The molecule has 0 aliphatic heterocycles. The predicted molar refractivity (Wildman–Crippen MR) is 81.4 cm³/mol. The first-order valence-corrected chi connectivity index (χ1v) is 7.12. The average Bonchev–Trinajstić information content (AvgIpc) is 2.69. The summed E-state index contributed by atoms with van der Waals surface area (Å²) in [7, 11) is 0. The van der Waals surface area contributed by atoms with Crippen LogP contribution in [0.15, 0.2) is 28.7 Å². The SMILES string of the molecule is CCNC(CC(C)(C)C)c1cc2cc(C)ccc2o1. The van der Waals surface area contributed by atoms with Crippen LogP contribution in [0, 0.1) is 12.3 Å². The summed E-state index contributed by atoms with van der Waals surface area (Å²) in [5.74, 6) is 1.05. The Hall–Kier alpha value is -1.28. The van der Waals surface area contributed by atoms with Crippen LogP contribution in [-0.2, 0) is 0 Å². The molecule has 0 radical (unpaired) electrons. The van der Waals surface area contributed by atoms with Gasteiger partial charge in [-0.1, -0.05) is 39.3 Å². The molecule has 2 aromatic rings. The van der Waals surface area contributed by atoms with Crippen molar-refractivity contribution in [2.24, 2.45) is 5.41 Å². The first-order valence-electron chi connectivity index (χ1n) is 7.12. The van der Waals surface area contributed by atoms with Crippen LogP contribution >= 0.6 is 0 Å². The van der Waals surface area contributed by atoms with Crippen molar-refractivity contribution < 1.29 is 4.42 Å². The van der Waals surface area contributed by atoms with E-state index in [-0.39, 0.29) is 11.5 Å². The molecule has 1 atom stereocenters. The molecule has 0 spiro atoms. The van der Waals surface area contributed by atoms with Crippen LogP contribution in [0.4, 0.5) is 0 Å². The number of rotatable bonds is 4. The van der Waals surface area contributed by atoms with Gasteiger partial charge in [-0.15, -0.1) is 0 Å². The minimum absolute atomic E-state index is 0.279. The van der Waals surface area contributed by atoms with E-state index in [9.17, 15) is 0 Å². The number of aryl methyl sites for hydroxylation is 1. The molecule has 0 aliphatic carbocycles.